The molecule has 0 bridgehead atoms. The van der Waals surface area contributed by atoms with Gasteiger partial charge in [0, 0.05) is 27.7 Å². The van der Waals surface area contributed by atoms with Crippen LogP contribution in [-0.2, 0) is 15.0 Å². The molecule has 0 aliphatic heterocycles. The number of thiophene rings is 1. The van der Waals surface area contributed by atoms with Crippen molar-refractivity contribution in [2.24, 2.45) is 16.5 Å². The number of nitrogens with one attached hydrogen (secondary N) is 1. The second-order valence-electron chi connectivity index (χ2n) is 12.0. The number of carboxylic acids is 1. The van der Waals surface area contributed by atoms with Crippen LogP contribution in [0, 0.1) is 11.3 Å². The fourth-order valence-corrected chi connectivity index (χ4v) is 8.46. The number of hydrogen-bond acceptors (Lipinski definition) is 5. The first-order chi connectivity index (χ1) is 19.0. The number of oxime groups is 1. The number of carboxylic acid groups (broad SMARTS) is 1. The Morgan fingerprint density at radius 1 is 1.20 bits per heavy atom. The highest BCUT2D eigenvalue weighted by Crippen LogP contribution is 2.58. The lowest BCUT2D eigenvalue weighted by molar-refractivity contribution is -0.156. The standard InChI is InChI=1S/C32H37BrN2O4S/c1-19(2)21-16-22-23(17-24(21)33)31(3)11-7-12-32(4,30(37)38)28(31)18-25(22)35-39-14-8-13-34-29(36)27-15-20-9-5-6-10-26(20)40-27/h5-6,9-10,15-17,19,28H,7-8,11-14,18H2,1-4H3,(H,34,36)(H,37,38)/b35-25+/t28-,31-,32-/m1/s1. The lowest BCUT2D eigenvalue weighted by atomic mass is 9.49. The van der Waals surface area contributed by atoms with Crippen LogP contribution >= 0.6 is 27.3 Å². The molecular weight excluding hydrogens is 588 g/mol. The van der Waals surface area contributed by atoms with Crippen LogP contribution in [-0.4, -0.2) is 35.8 Å². The Morgan fingerprint density at radius 3 is 2.70 bits per heavy atom. The van der Waals surface area contributed by atoms with E-state index < -0.39 is 11.4 Å². The summed E-state index contributed by atoms with van der Waals surface area (Å²) in [5.41, 5.74) is 3.16. The van der Waals surface area contributed by atoms with Gasteiger partial charge in [0.2, 0.25) is 0 Å². The van der Waals surface area contributed by atoms with Gasteiger partial charge < -0.3 is 15.3 Å². The van der Waals surface area contributed by atoms with Crippen LogP contribution in [0.15, 0.2) is 52.1 Å². The third-order valence-electron chi connectivity index (χ3n) is 9.02. The highest BCUT2D eigenvalue weighted by molar-refractivity contribution is 9.10. The molecule has 6 nitrogen and oxygen atoms in total. The molecule has 3 aromatic rings. The van der Waals surface area contributed by atoms with Crippen molar-refractivity contribution in [2.45, 2.75) is 71.1 Å². The van der Waals surface area contributed by atoms with Crippen molar-refractivity contribution in [3.63, 3.8) is 0 Å². The monoisotopic (exact) mass is 624 g/mol. The summed E-state index contributed by atoms with van der Waals surface area (Å²) < 4.78 is 2.15. The van der Waals surface area contributed by atoms with Crippen LogP contribution in [0.4, 0.5) is 0 Å². The molecule has 0 radical (unpaired) electrons. The van der Waals surface area contributed by atoms with Crippen LogP contribution in [0.3, 0.4) is 0 Å². The highest BCUT2D eigenvalue weighted by atomic mass is 79.9. The Kier molecular flexibility index (Phi) is 8.13. The summed E-state index contributed by atoms with van der Waals surface area (Å²) in [5, 5.41) is 18.9. The molecule has 1 saturated carbocycles. The average molecular weight is 626 g/mol. The lowest BCUT2D eigenvalue weighted by Crippen LogP contribution is -2.53. The molecule has 1 amide bonds. The quantitative estimate of drug-likeness (QED) is 0.197. The molecule has 40 heavy (non-hydrogen) atoms. The van der Waals surface area contributed by atoms with Gasteiger partial charge in [0.1, 0.15) is 6.61 Å². The van der Waals surface area contributed by atoms with Gasteiger partial charge in [-0.25, -0.2) is 0 Å². The number of halogens is 1. The average Bonchev–Trinajstić information content (AvgIpc) is 3.35. The van der Waals surface area contributed by atoms with E-state index >= 15 is 0 Å². The molecule has 0 saturated heterocycles. The van der Waals surface area contributed by atoms with Crippen molar-refractivity contribution in [3.05, 3.63) is 68.5 Å². The van der Waals surface area contributed by atoms with Gasteiger partial charge in [-0.15, -0.1) is 11.3 Å². The predicted molar refractivity (Wildman–Crippen MR) is 165 cm³/mol. The van der Waals surface area contributed by atoms with Gasteiger partial charge >= 0.3 is 5.97 Å². The molecule has 2 aliphatic rings. The molecule has 212 valence electrons. The van der Waals surface area contributed by atoms with Gasteiger partial charge in [0.15, 0.2) is 0 Å². The van der Waals surface area contributed by atoms with Gasteiger partial charge in [-0.05, 0) is 84.2 Å². The van der Waals surface area contributed by atoms with Crippen LogP contribution in [0.25, 0.3) is 10.1 Å². The maximum absolute atomic E-state index is 12.6. The Morgan fingerprint density at radius 2 is 1.98 bits per heavy atom. The van der Waals surface area contributed by atoms with Crippen molar-refractivity contribution >= 4 is 54.9 Å². The van der Waals surface area contributed by atoms with E-state index in [2.05, 4.69) is 59.3 Å². The first-order valence-corrected chi connectivity index (χ1v) is 15.7. The third kappa shape index (κ3) is 5.20. The Labute approximate surface area is 248 Å². The molecule has 1 fully saturated rings. The SMILES string of the molecule is CC(C)c1cc2c(cc1Br)[C@@]1(C)CCC[C@@](C)(C(=O)O)[C@@H]1C/C2=N\OCCCNC(=O)c1cc2ccccc2s1. The zero-order chi connectivity index (χ0) is 28.7. The van der Waals surface area contributed by atoms with Crippen LogP contribution in [0.5, 0.6) is 0 Å². The molecule has 1 aromatic heterocycles. The lowest BCUT2D eigenvalue weighted by Gasteiger charge is -2.53. The summed E-state index contributed by atoms with van der Waals surface area (Å²) in [6, 6.07) is 14.3. The second kappa shape index (κ2) is 11.3. The molecular formula is C32H37BrN2O4S. The minimum Gasteiger partial charge on any atom is -0.481 e. The fourth-order valence-electron chi connectivity index (χ4n) is 6.68. The van der Waals surface area contributed by atoms with E-state index in [0.29, 0.717) is 43.2 Å². The number of rotatable bonds is 8. The zero-order valence-corrected chi connectivity index (χ0v) is 26.0. The number of carbonyl (C=O) groups is 2. The Hall–Kier alpha value is -2.71. The van der Waals surface area contributed by atoms with Crippen LogP contribution in [0.2, 0.25) is 0 Å². The molecule has 2 N–H and O–H groups in total. The number of aliphatic carboxylic acids is 1. The van der Waals surface area contributed by atoms with E-state index in [4.69, 9.17) is 4.84 Å². The fraction of sp³-hybridized carbons (Fsp3) is 0.469. The number of nitrogens with zero attached hydrogens (tertiary/aromatic N) is 1. The maximum Gasteiger partial charge on any atom is 0.309 e. The van der Waals surface area contributed by atoms with Crippen molar-refractivity contribution < 1.29 is 19.5 Å². The normalized spacial score (nSPS) is 25.1. The number of hydrogen-bond donors (Lipinski definition) is 2. The predicted octanol–water partition coefficient (Wildman–Crippen LogP) is 7.88. The largest absolute Gasteiger partial charge is 0.481 e. The van der Waals surface area contributed by atoms with Crippen molar-refractivity contribution in [3.8, 4) is 0 Å². The van der Waals surface area contributed by atoms with Gasteiger partial charge in [-0.1, -0.05) is 66.5 Å². The first kappa shape index (κ1) is 28.8. The summed E-state index contributed by atoms with van der Waals surface area (Å²) in [6.45, 7) is 9.31. The van der Waals surface area contributed by atoms with Crippen molar-refractivity contribution in [1.82, 2.24) is 5.32 Å². The summed E-state index contributed by atoms with van der Waals surface area (Å²) in [7, 11) is 0. The number of carbonyl (C=O) groups excluding carboxylic acids is 1. The summed E-state index contributed by atoms with van der Waals surface area (Å²) in [6.07, 6.45) is 3.68. The molecule has 3 atom stereocenters. The van der Waals surface area contributed by atoms with E-state index in [1.54, 1.807) is 0 Å². The highest BCUT2D eigenvalue weighted by Gasteiger charge is 2.56. The summed E-state index contributed by atoms with van der Waals surface area (Å²) in [5.74, 6) is -0.574. The maximum atomic E-state index is 12.6. The molecule has 8 heteroatoms. The minimum atomic E-state index is -0.828. The topological polar surface area (TPSA) is 88.0 Å². The van der Waals surface area contributed by atoms with Crippen LogP contribution in [0.1, 0.15) is 92.1 Å². The number of amides is 1. The molecule has 1 heterocycles. The Balaban J connectivity index is 1.31. The van der Waals surface area contributed by atoms with E-state index in [9.17, 15) is 14.7 Å². The number of benzene rings is 2. The van der Waals surface area contributed by atoms with E-state index in [1.807, 2.05) is 37.3 Å². The van der Waals surface area contributed by atoms with Crippen molar-refractivity contribution in [2.75, 3.05) is 13.2 Å². The van der Waals surface area contributed by atoms with E-state index in [-0.39, 0.29) is 17.2 Å². The van der Waals surface area contributed by atoms with Gasteiger partial charge in [0.05, 0.1) is 16.0 Å². The summed E-state index contributed by atoms with van der Waals surface area (Å²) >= 11 is 5.28. The van der Waals surface area contributed by atoms with Gasteiger partial charge in [-0.2, -0.15) is 0 Å². The zero-order valence-electron chi connectivity index (χ0n) is 23.6. The molecule has 0 unspecified atom stereocenters. The van der Waals surface area contributed by atoms with Crippen LogP contribution < -0.4 is 5.32 Å². The summed E-state index contributed by atoms with van der Waals surface area (Å²) in [4.78, 5) is 31.7. The minimum absolute atomic E-state index is 0.0787. The molecule has 2 aromatic carbocycles. The Bertz CT molecular complexity index is 1450. The van der Waals surface area contributed by atoms with Gasteiger partial charge in [-0.3, -0.25) is 9.59 Å². The third-order valence-corrected chi connectivity index (χ3v) is 10.8. The smallest absolute Gasteiger partial charge is 0.309 e. The number of fused-ring (bicyclic) bond motifs is 4. The molecule has 2 aliphatic carbocycles. The van der Waals surface area contributed by atoms with E-state index in [0.717, 1.165) is 44.2 Å². The second-order valence-corrected chi connectivity index (χ2v) is 13.9. The van der Waals surface area contributed by atoms with Gasteiger partial charge in [0.25, 0.3) is 5.91 Å². The molecule has 0 spiro atoms. The first-order valence-electron chi connectivity index (χ1n) is 14.1. The van der Waals surface area contributed by atoms with E-state index in [1.165, 1.54) is 16.9 Å². The molecule has 5 rings (SSSR count). The van der Waals surface area contributed by atoms with Crippen molar-refractivity contribution in [1.29, 1.82) is 0 Å².